The number of carbonyl (C=O) groups excluding carboxylic acids is 2. The third-order valence-corrected chi connectivity index (χ3v) is 5.49. The second-order valence-electron chi connectivity index (χ2n) is 7.12. The maximum Gasteiger partial charge on any atom is 0.340 e. The van der Waals surface area contributed by atoms with Crippen molar-refractivity contribution in [2.45, 2.75) is 27.2 Å². The summed E-state index contributed by atoms with van der Waals surface area (Å²) in [5, 5.41) is 8.02. The van der Waals surface area contributed by atoms with Gasteiger partial charge in [0.15, 0.2) is 0 Å². The van der Waals surface area contributed by atoms with E-state index in [4.69, 9.17) is 21.1 Å². The molecule has 1 amide bonds. The Morgan fingerprint density at radius 3 is 2.48 bits per heavy atom. The molecule has 0 aliphatic rings. The summed E-state index contributed by atoms with van der Waals surface area (Å²) in [4.78, 5) is 24.9. The topological polar surface area (TPSA) is 82.4 Å². The molecule has 1 heterocycles. The van der Waals surface area contributed by atoms with E-state index >= 15 is 0 Å². The van der Waals surface area contributed by atoms with Gasteiger partial charge in [-0.3, -0.25) is 4.79 Å². The maximum atomic E-state index is 12.8. The zero-order chi connectivity index (χ0) is 22.7. The van der Waals surface area contributed by atoms with Gasteiger partial charge in [-0.1, -0.05) is 17.7 Å². The van der Waals surface area contributed by atoms with E-state index in [1.807, 2.05) is 39.0 Å². The molecule has 162 valence electrons. The highest BCUT2D eigenvalue weighted by atomic mass is 35.5. The molecule has 1 N–H and O–H groups in total. The lowest BCUT2D eigenvalue weighted by molar-refractivity contribution is -0.115. The Bertz CT molecular complexity index is 1150. The van der Waals surface area contributed by atoms with Gasteiger partial charge in [0.2, 0.25) is 5.91 Å². The van der Waals surface area contributed by atoms with Crippen LogP contribution in [0.4, 0.5) is 5.69 Å². The Hall–Kier alpha value is -3.32. The van der Waals surface area contributed by atoms with E-state index in [2.05, 4.69) is 10.4 Å². The lowest BCUT2D eigenvalue weighted by Gasteiger charge is -2.12. The molecule has 3 aromatic rings. The molecule has 0 aliphatic heterocycles. The van der Waals surface area contributed by atoms with Crippen molar-refractivity contribution < 1.29 is 19.1 Å². The molecule has 0 spiro atoms. The van der Waals surface area contributed by atoms with Crippen LogP contribution in [-0.4, -0.2) is 35.9 Å². The summed E-state index contributed by atoms with van der Waals surface area (Å²) in [6.45, 7) is 5.70. The first-order valence-electron chi connectivity index (χ1n) is 9.63. The van der Waals surface area contributed by atoms with Crippen molar-refractivity contribution in [2.24, 2.45) is 0 Å². The predicted octanol–water partition coefficient (Wildman–Crippen LogP) is 4.43. The minimum absolute atomic E-state index is 0.101. The second kappa shape index (κ2) is 9.22. The van der Waals surface area contributed by atoms with Crippen LogP contribution in [0, 0.1) is 20.8 Å². The molecule has 0 saturated heterocycles. The van der Waals surface area contributed by atoms with Gasteiger partial charge in [-0.2, -0.15) is 5.10 Å². The molecule has 2 aromatic carbocycles. The smallest absolute Gasteiger partial charge is 0.340 e. The third kappa shape index (κ3) is 4.72. The third-order valence-electron chi connectivity index (χ3n) is 5.08. The van der Waals surface area contributed by atoms with Crippen molar-refractivity contribution in [1.29, 1.82) is 0 Å². The second-order valence-corrected chi connectivity index (χ2v) is 7.53. The van der Waals surface area contributed by atoms with Crippen LogP contribution in [0.5, 0.6) is 5.75 Å². The van der Waals surface area contributed by atoms with E-state index in [9.17, 15) is 9.59 Å². The molecule has 8 heteroatoms. The van der Waals surface area contributed by atoms with Crippen LogP contribution in [0.15, 0.2) is 36.4 Å². The zero-order valence-electron chi connectivity index (χ0n) is 18.1. The number of ether oxygens (including phenoxy) is 2. The average molecular weight is 442 g/mol. The standard InChI is InChI=1S/C23H24ClN3O4/c1-13-6-7-16(10-20(13)24)27-15(3)18(14(2)26-27)12-22(28)25-21-9-8-17(30-4)11-19(21)23(29)31-5/h6-11H,12H2,1-5H3,(H,25,28). The highest BCUT2D eigenvalue weighted by Crippen LogP contribution is 2.25. The van der Waals surface area contributed by atoms with Crippen LogP contribution in [-0.2, 0) is 16.0 Å². The van der Waals surface area contributed by atoms with Crippen molar-refractivity contribution in [3.63, 3.8) is 0 Å². The van der Waals surface area contributed by atoms with Crippen LogP contribution < -0.4 is 10.1 Å². The summed E-state index contributed by atoms with van der Waals surface area (Å²) in [5.41, 5.74) is 4.77. The van der Waals surface area contributed by atoms with E-state index in [1.165, 1.54) is 20.3 Å². The summed E-state index contributed by atoms with van der Waals surface area (Å²) in [7, 11) is 2.78. The van der Waals surface area contributed by atoms with Crippen molar-refractivity contribution >= 4 is 29.2 Å². The number of aryl methyl sites for hydroxylation is 2. The minimum atomic E-state index is -0.564. The number of halogens is 1. The van der Waals surface area contributed by atoms with Crippen molar-refractivity contribution in [2.75, 3.05) is 19.5 Å². The number of nitrogens with zero attached hydrogens (tertiary/aromatic N) is 2. The average Bonchev–Trinajstić information content (AvgIpc) is 3.03. The first kappa shape index (κ1) is 22.4. The summed E-state index contributed by atoms with van der Waals surface area (Å²) in [6, 6.07) is 10.5. The number of rotatable bonds is 6. The molecule has 0 bridgehead atoms. The maximum absolute atomic E-state index is 12.8. The molecular weight excluding hydrogens is 418 g/mol. The number of methoxy groups -OCH3 is 2. The number of aromatic nitrogens is 2. The van der Waals surface area contributed by atoms with Gasteiger partial charge in [-0.15, -0.1) is 0 Å². The molecular formula is C23H24ClN3O4. The van der Waals surface area contributed by atoms with Gasteiger partial charge >= 0.3 is 5.97 Å². The summed E-state index contributed by atoms with van der Waals surface area (Å²) in [5.74, 6) is -0.350. The highest BCUT2D eigenvalue weighted by molar-refractivity contribution is 6.31. The summed E-state index contributed by atoms with van der Waals surface area (Å²) >= 11 is 6.26. The number of hydrogen-bond acceptors (Lipinski definition) is 5. The van der Waals surface area contributed by atoms with Gasteiger partial charge < -0.3 is 14.8 Å². The minimum Gasteiger partial charge on any atom is -0.497 e. The summed E-state index contributed by atoms with van der Waals surface area (Å²) in [6.07, 6.45) is 0.101. The van der Waals surface area contributed by atoms with E-state index in [0.29, 0.717) is 16.5 Å². The summed E-state index contributed by atoms with van der Waals surface area (Å²) < 4.78 is 11.7. The molecule has 31 heavy (non-hydrogen) atoms. The normalized spacial score (nSPS) is 10.6. The van der Waals surface area contributed by atoms with E-state index in [-0.39, 0.29) is 17.9 Å². The Kier molecular flexibility index (Phi) is 6.65. The molecule has 0 radical (unpaired) electrons. The Morgan fingerprint density at radius 2 is 1.84 bits per heavy atom. The van der Waals surface area contributed by atoms with E-state index in [0.717, 1.165) is 28.2 Å². The fourth-order valence-electron chi connectivity index (χ4n) is 3.29. The molecule has 3 rings (SSSR count). The first-order valence-corrected chi connectivity index (χ1v) is 10.0. The molecule has 0 saturated carbocycles. The highest BCUT2D eigenvalue weighted by Gasteiger charge is 2.19. The lowest BCUT2D eigenvalue weighted by atomic mass is 10.1. The monoisotopic (exact) mass is 441 g/mol. The Morgan fingerprint density at radius 1 is 1.10 bits per heavy atom. The fourth-order valence-corrected chi connectivity index (χ4v) is 3.46. The zero-order valence-corrected chi connectivity index (χ0v) is 18.8. The van der Waals surface area contributed by atoms with Gasteiger partial charge in [-0.25, -0.2) is 9.48 Å². The van der Waals surface area contributed by atoms with Crippen LogP contribution in [0.1, 0.15) is 32.9 Å². The van der Waals surface area contributed by atoms with Gasteiger partial charge in [0, 0.05) is 16.3 Å². The predicted molar refractivity (Wildman–Crippen MR) is 119 cm³/mol. The molecule has 0 fully saturated rings. The molecule has 0 atom stereocenters. The van der Waals surface area contributed by atoms with Gasteiger partial charge in [0.05, 0.1) is 43.3 Å². The number of nitrogens with one attached hydrogen (secondary N) is 1. The number of benzene rings is 2. The van der Waals surface area contributed by atoms with Crippen LogP contribution in [0.3, 0.4) is 0 Å². The number of hydrogen-bond donors (Lipinski definition) is 1. The fraction of sp³-hybridized carbons (Fsp3) is 0.261. The molecule has 7 nitrogen and oxygen atoms in total. The molecule has 1 aromatic heterocycles. The van der Waals surface area contributed by atoms with Crippen LogP contribution >= 0.6 is 11.6 Å². The lowest BCUT2D eigenvalue weighted by Crippen LogP contribution is -2.18. The van der Waals surface area contributed by atoms with Gasteiger partial charge in [0.25, 0.3) is 0 Å². The number of esters is 1. The van der Waals surface area contributed by atoms with E-state index in [1.54, 1.807) is 16.8 Å². The Balaban J connectivity index is 1.86. The van der Waals surface area contributed by atoms with Crippen molar-refractivity contribution in [3.8, 4) is 11.4 Å². The number of carbonyl (C=O) groups is 2. The first-order chi connectivity index (χ1) is 14.7. The number of amides is 1. The SMILES string of the molecule is COC(=O)c1cc(OC)ccc1NC(=O)Cc1c(C)nn(-c2ccc(C)c(Cl)c2)c1C. The van der Waals surface area contributed by atoms with Gasteiger partial charge in [0.1, 0.15) is 5.75 Å². The van der Waals surface area contributed by atoms with Crippen LogP contribution in [0.2, 0.25) is 5.02 Å². The Labute approximate surface area is 185 Å². The quantitative estimate of drug-likeness (QED) is 0.572. The largest absolute Gasteiger partial charge is 0.497 e. The van der Waals surface area contributed by atoms with Crippen molar-refractivity contribution in [3.05, 3.63) is 69.5 Å². The van der Waals surface area contributed by atoms with Gasteiger partial charge in [-0.05, 0) is 56.7 Å². The molecule has 0 unspecified atom stereocenters. The van der Waals surface area contributed by atoms with Crippen LogP contribution in [0.25, 0.3) is 5.69 Å². The molecule has 0 aliphatic carbocycles. The van der Waals surface area contributed by atoms with Crippen molar-refractivity contribution in [1.82, 2.24) is 9.78 Å². The number of anilines is 1. The van der Waals surface area contributed by atoms with E-state index < -0.39 is 5.97 Å².